The lowest BCUT2D eigenvalue weighted by Gasteiger charge is -2.34. The van der Waals surface area contributed by atoms with Crippen molar-refractivity contribution >= 4 is 50.8 Å². The second-order valence-corrected chi connectivity index (χ2v) is 8.68. The number of amides is 2. The molecular weight excluding hydrogens is 425 g/mol. The van der Waals surface area contributed by atoms with E-state index in [9.17, 15) is 14.0 Å². The third-order valence-corrected chi connectivity index (χ3v) is 6.59. The van der Waals surface area contributed by atoms with Gasteiger partial charge in [-0.3, -0.25) is 14.5 Å². The van der Waals surface area contributed by atoms with Crippen LogP contribution in [-0.2, 0) is 9.59 Å². The standard InChI is InChI=1S/C20H20FN5O2S2/c21-14-1-3-15(4-2-14)24-17(27)11-25-6-8-26(9-7-25)18(28)12-30-20-16-5-10-29-19(16)22-13-23-20/h1-5,10,13H,6-9,11-12H2,(H,24,27). The summed E-state index contributed by atoms with van der Waals surface area (Å²) >= 11 is 2.99. The Balaban J connectivity index is 1.22. The van der Waals surface area contributed by atoms with Crippen LogP contribution in [0.25, 0.3) is 10.2 Å². The highest BCUT2D eigenvalue weighted by Crippen LogP contribution is 2.27. The molecule has 10 heteroatoms. The highest BCUT2D eigenvalue weighted by Gasteiger charge is 2.23. The molecule has 0 saturated carbocycles. The topological polar surface area (TPSA) is 78.4 Å². The van der Waals surface area contributed by atoms with Crippen LogP contribution < -0.4 is 5.32 Å². The van der Waals surface area contributed by atoms with Gasteiger partial charge in [0.05, 0.1) is 12.3 Å². The number of thiophene rings is 1. The van der Waals surface area contributed by atoms with Crippen LogP contribution in [0, 0.1) is 5.82 Å². The number of thioether (sulfide) groups is 1. The molecule has 1 aliphatic rings. The van der Waals surface area contributed by atoms with Crippen molar-refractivity contribution in [3.8, 4) is 0 Å². The van der Waals surface area contributed by atoms with Gasteiger partial charge in [-0.15, -0.1) is 11.3 Å². The SMILES string of the molecule is O=C(CN1CCN(C(=O)CSc2ncnc3sccc23)CC1)Nc1ccc(F)cc1. The maximum absolute atomic E-state index is 12.9. The molecule has 4 rings (SSSR count). The molecule has 0 aliphatic carbocycles. The minimum Gasteiger partial charge on any atom is -0.339 e. The van der Waals surface area contributed by atoms with Gasteiger partial charge in [-0.05, 0) is 35.7 Å². The minimum absolute atomic E-state index is 0.0670. The first-order valence-corrected chi connectivity index (χ1v) is 11.3. The predicted octanol–water partition coefficient (Wildman–Crippen LogP) is 2.71. The third kappa shape index (κ3) is 5.13. The first-order valence-electron chi connectivity index (χ1n) is 9.45. The van der Waals surface area contributed by atoms with Crippen molar-refractivity contribution < 1.29 is 14.0 Å². The summed E-state index contributed by atoms with van der Waals surface area (Å²) in [6, 6.07) is 7.65. The van der Waals surface area contributed by atoms with E-state index in [1.165, 1.54) is 42.4 Å². The molecule has 1 saturated heterocycles. The molecule has 2 aromatic heterocycles. The molecule has 1 N–H and O–H groups in total. The fraction of sp³-hybridized carbons (Fsp3) is 0.300. The van der Waals surface area contributed by atoms with Crippen molar-refractivity contribution in [2.45, 2.75) is 5.03 Å². The van der Waals surface area contributed by atoms with Crippen LogP contribution in [0.1, 0.15) is 0 Å². The average molecular weight is 446 g/mol. The Labute approximate surface area is 181 Å². The number of halogens is 1. The molecule has 1 fully saturated rings. The predicted molar refractivity (Wildman–Crippen MR) is 116 cm³/mol. The van der Waals surface area contributed by atoms with Gasteiger partial charge < -0.3 is 10.2 Å². The van der Waals surface area contributed by atoms with E-state index in [1.807, 2.05) is 21.2 Å². The summed E-state index contributed by atoms with van der Waals surface area (Å²) in [5.74, 6) is -0.100. The molecule has 7 nitrogen and oxygen atoms in total. The van der Waals surface area contributed by atoms with E-state index >= 15 is 0 Å². The van der Waals surface area contributed by atoms with E-state index < -0.39 is 0 Å². The Morgan fingerprint density at radius 1 is 1.10 bits per heavy atom. The van der Waals surface area contributed by atoms with Gasteiger partial charge in [0, 0.05) is 37.3 Å². The molecular formula is C20H20FN5O2S2. The lowest BCUT2D eigenvalue weighted by atomic mass is 10.3. The molecule has 2 amide bonds. The Bertz CT molecular complexity index is 1040. The van der Waals surface area contributed by atoms with Crippen molar-refractivity contribution in [2.75, 3.05) is 43.8 Å². The minimum atomic E-state index is -0.341. The molecule has 3 heterocycles. The maximum atomic E-state index is 12.9. The fourth-order valence-electron chi connectivity index (χ4n) is 3.20. The van der Waals surface area contributed by atoms with Crippen molar-refractivity contribution in [1.29, 1.82) is 0 Å². The molecule has 156 valence electrons. The Morgan fingerprint density at radius 3 is 2.63 bits per heavy atom. The van der Waals surface area contributed by atoms with E-state index in [0.29, 0.717) is 37.6 Å². The van der Waals surface area contributed by atoms with E-state index in [0.717, 1.165) is 15.2 Å². The number of hydrogen-bond donors (Lipinski definition) is 1. The number of nitrogens with one attached hydrogen (secondary N) is 1. The van der Waals surface area contributed by atoms with Crippen LogP contribution in [0.5, 0.6) is 0 Å². The zero-order chi connectivity index (χ0) is 20.9. The maximum Gasteiger partial charge on any atom is 0.238 e. The summed E-state index contributed by atoms with van der Waals surface area (Å²) in [7, 11) is 0. The van der Waals surface area contributed by atoms with E-state index in [1.54, 1.807) is 11.3 Å². The molecule has 0 unspecified atom stereocenters. The van der Waals surface area contributed by atoms with E-state index in [-0.39, 0.29) is 24.2 Å². The zero-order valence-electron chi connectivity index (χ0n) is 16.1. The Kier molecular flexibility index (Phi) is 6.56. The number of anilines is 1. The highest BCUT2D eigenvalue weighted by molar-refractivity contribution is 8.00. The van der Waals surface area contributed by atoms with Crippen LogP contribution in [0.2, 0.25) is 0 Å². The van der Waals surface area contributed by atoms with Gasteiger partial charge in [-0.2, -0.15) is 0 Å². The van der Waals surface area contributed by atoms with Crippen LogP contribution in [-0.4, -0.2) is 70.1 Å². The van der Waals surface area contributed by atoms with E-state index in [4.69, 9.17) is 0 Å². The third-order valence-electron chi connectivity index (χ3n) is 4.78. The summed E-state index contributed by atoms with van der Waals surface area (Å²) in [6.07, 6.45) is 1.53. The largest absolute Gasteiger partial charge is 0.339 e. The van der Waals surface area contributed by atoms with Gasteiger partial charge in [0.2, 0.25) is 11.8 Å². The molecule has 30 heavy (non-hydrogen) atoms. The van der Waals surface area contributed by atoms with Crippen LogP contribution in [0.4, 0.5) is 10.1 Å². The van der Waals surface area contributed by atoms with Crippen molar-refractivity contribution in [2.24, 2.45) is 0 Å². The average Bonchev–Trinajstić information content (AvgIpc) is 3.24. The lowest BCUT2D eigenvalue weighted by molar-refractivity contribution is -0.130. The molecule has 0 bridgehead atoms. The Morgan fingerprint density at radius 2 is 1.87 bits per heavy atom. The van der Waals surface area contributed by atoms with E-state index in [2.05, 4.69) is 15.3 Å². The number of benzene rings is 1. The number of carbonyl (C=O) groups excluding carboxylic acids is 2. The summed E-state index contributed by atoms with van der Waals surface area (Å²) in [4.78, 5) is 38.0. The van der Waals surface area contributed by atoms with Crippen LogP contribution in [0.3, 0.4) is 0 Å². The lowest BCUT2D eigenvalue weighted by Crippen LogP contribution is -2.50. The number of nitrogens with zero attached hydrogens (tertiary/aromatic N) is 4. The van der Waals surface area contributed by atoms with Gasteiger partial charge in [0.25, 0.3) is 0 Å². The van der Waals surface area contributed by atoms with Crippen molar-refractivity contribution in [1.82, 2.24) is 19.8 Å². The molecule has 1 aliphatic heterocycles. The first-order chi connectivity index (χ1) is 14.6. The summed E-state index contributed by atoms with van der Waals surface area (Å²) < 4.78 is 12.9. The summed E-state index contributed by atoms with van der Waals surface area (Å²) in [5, 5.41) is 6.54. The van der Waals surface area contributed by atoms with Crippen molar-refractivity contribution in [3.63, 3.8) is 0 Å². The second kappa shape index (κ2) is 9.50. The van der Waals surface area contributed by atoms with Gasteiger partial charge >= 0.3 is 0 Å². The van der Waals surface area contributed by atoms with Crippen molar-refractivity contribution in [3.05, 3.63) is 47.9 Å². The molecule has 1 aromatic carbocycles. The van der Waals surface area contributed by atoms with Crippen LogP contribution in [0.15, 0.2) is 47.1 Å². The number of fused-ring (bicyclic) bond motifs is 1. The zero-order valence-corrected chi connectivity index (χ0v) is 17.7. The first kappa shape index (κ1) is 20.7. The van der Waals surface area contributed by atoms with Gasteiger partial charge in [-0.1, -0.05) is 11.8 Å². The number of carbonyl (C=O) groups is 2. The molecule has 0 spiro atoms. The monoisotopic (exact) mass is 445 g/mol. The number of hydrogen-bond acceptors (Lipinski definition) is 7. The van der Waals surface area contributed by atoms with Gasteiger partial charge in [0.1, 0.15) is 22.0 Å². The number of piperazine rings is 1. The number of rotatable bonds is 6. The summed E-state index contributed by atoms with van der Waals surface area (Å²) in [6.45, 7) is 2.68. The second-order valence-electron chi connectivity index (χ2n) is 6.82. The summed E-state index contributed by atoms with van der Waals surface area (Å²) in [5.41, 5.74) is 0.566. The normalized spacial score (nSPS) is 14.8. The van der Waals surface area contributed by atoms with Gasteiger partial charge in [-0.25, -0.2) is 14.4 Å². The molecule has 0 radical (unpaired) electrons. The highest BCUT2D eigenvalue weighted by atomic mass is 32.2. The van der Waals surface area contributed by atoms with Crippen LogP contribution >= 0.6 is 23.1 Å². The van der Waals surface area contributed by atoms with Gasteiger partial charge in [0.15, 0.2) is 0 Å². The Hall–Kier alpha value is -2.56. The number of aromatic nitrogens is 2. The molecule has 0 atom stereocenters. The fourth-order valence-corrected chi connectivity index (χ4v) is 4.88. The molecule has 3 aromatic rings. The smallest absolute Gasteiger partial charge is 0.238 e. The quantitative estimate of drug-likeness (QED) is 0.464.